The van der Waals surface area contributed by atoms with Gasteiger partial charge in [-0.1, -0.05) is 140 Å². The predicted octanol–water partition coefficient (Wildman–Crippen LogP) is 9.05. The lowest BCUT2D eigenvalue weighted by Crippen LogP contribution is -2.37. The summed E-state index contributed by atoms with van der Waals surface area (Å²) >= 11 is 1.86. The van der Waals surface area contributed by atoms with Crippen LogP contribution in [0.3, 0.4) is 0 Å². The molecule has 0 unspecified atom stereocenters. The van der Waals surface area contributed by atoms with Crippen molar-refractivity contribution in [1.29, 1.82) is 0 Å². The molecule has 0 radical (unpaired) electrons. The molecule has 2 nitrogen and oxygen atoms in total. The van der Waals surface area contributed by atoms with Crippen molar-refractivity contribution < 1.29 is 4.79 Å². The molecule has 0 fully saturated rings. The molecule has 5 aromatic rings. The van der Waals surface area contributed by atoms with Gasteiger partial charge in [0.1, 0.15) is 0 Å². The molecule has 0 aliphatic heterocycles. The molecule has 0 atom stereocenters. The molecule has 41 heavy (non-hydrogen) atoms. The van der Waals surface area contributed by atoms with Crippen molar-refractivity contribution >= 4 is 17.7 Å². The van der Waals surface area contributed by atoms with Gasteiger partial charge in [-0.05, 0) is 46.6 Å². The fourth-order valence-electron chi connectivity index (χ4n) is 5.38. The maximum Gasteiger partial charge on any atom is 0.223 e. The summed E-state index contributed by atoms with van der Waals surface area (Å²) in [6.45, 7) is 1.38. The smallest absolute Gasteiger partial charge is 0.223 e. The molecule has 206 valence electrons. The minimum atomic E-state index is 0.0120. The number of amides is 1. The maximum absolute atomic E-state index is 14.3. The molecule has 0 saturated heterocycles. The molecule has 3 heteroatoms. The Morgan fingerprint density at radius 3 is 1.37 bits per heavy atom. The van der Waals surface area contributed by atoms with Crippen LogP contribution in [0.1, 0.15) is 46.9 Å². The first-order valence-corrected chi connectivity index (χ1v) is 15.4. The highest BCUT2D eigenvalue weighted by molar-refractivity contribution is 7.99. The van der Waals surface area contributed by atoms with Gasteiger partial charge in [0.25, 0.3) is 0 Å². The highest BCUT2D eigenvalue weighted by Crippen LogP contribution is 2.31. The van der Waals surface area contributed by atoms with Crippen LogP contribution in [-0.2, 0) is 4.79 Å². The minimum absolute atomic E-state index is 0.0120. The van der Waals surface area contributed by atoms with E-state index in [1.54, 1.807) is 0 Å². The van der Waals surface area contributed by atoms with Crippen LogP contribution < -0.4 is 0 Å². The fourth-order valence-corrected chi connectivity index (χ4v) is 6.24. The Balaban J connectivity index is 1.40. The number of thioether (sulfide) groups is 1. The molecule has 5 rings (SSSR count). The third-order valence-corrected chi connectivity index (χ3v) is 8.62. The second-order valence-electron chi connectivity index (χ2n) is 10.3. The van der Waals surface area contributed by atoms with E-state index in [1.165, 1.54) is 27.1 Å². The van der Waals surface area contributed by atoms with E-state index in [1.807, 2.05) is 30.0 Å². The van der Waals surface area contributed by atoms with Crippen molar-refractivity contribution in [3.63, 3.8) is 0 Å². The summed E-state index contributed by atoms with van der Waals surface area (Å²) in [5.74, 6) is 1.29. The van der Waals surface area contributed by atoms with Gasteiger partial charge in [0.2, 0.25) is 5.91 Å². The van der Waals surface area contributed by atoms with E-state index >= 15 is 0 Å². The molecule has 0 N–H and O–H groups in total. The van der Waals surface area contributed by atoms with Crippen molar-refractivity contribution in [2.75, 3.05) is 18.8 Å². The van der Waals surface area contributed by atoms with Gasteiger partial charge in [-0.25, -0.2) is 0 Å². The average molecular weight is 556 g/mol. The normalized spacial score (nSPS) is 11.1. The van der Waals surface area contributed by atoms with Crippen molar-refractivity contribution in [3.05, 3.63) is 174 Å². The summed E-state index contributed by atoms with van der Waals surface area (Å²) < 4.78 is 0. The Morgan fingerprint density at radius 1 is 0.537 bits per heavy atom. The third-order valence-electron chi connectivity index (χ3n) is 7.53. The molecule has 0 aliphatic carbocycles. The average Bonchev–Trinajstić information content (AvgIpc) is 3.05. The number of nitrogens with zero attached hydrogens (tertiary/aromatic N) is 1. The van der Waals surface area contributed by atoms with Gasteiger partial charge in [-0.3, -0.25) is 4.79 Å². The van der Waals surface area contributed by atoms with Crippen molar-refractivity contribution in [3.8, 4) is 0 Å². The largest absolute Gasteiger partial charge is 0.342 e. The molecule has 0 aromatic heterocycles. The van der Waals surface area contributed by atoms with Crippen LogP contribution >= 0.6 is 11.8 Å². The maximum atomic E-state index is 14.3. The van der Waals surface area contributed by atoms with Crippen LogP contribution in [-0.4, -0.2) is 29.6 Å². The Kier molecular flexibility index (Phi) is 10.5. The Hall–Kier alpha value is -4.08. The van der Waals surface area contributed by atoms with Gasteiger partial charge >= 0.3 is 0 Å². The van der Waals surface area contributed by atoms with Crippen LogP contribution in [0.5, 0.6) is 0 Å². The standard InChI is InChI=1S/C38H37NOS/c40-38(29-36(31-17-6-1-7-18-31)32-19-8-2-9-20-32)39(27-16-28-41-35-25-14-5-15-26-35)30-37(33-21-10-3-11-22-33)34-23-12-4-13-24-34/h1-15,17-26,36-37H,16,27-30H2. The summed E-state index contributed by atoms with van der Waals surface area (Å²) in [5.41, 5.74) is 4.82. The Morgan fingerprint density at radius 2 is 0.927 bits per heavy atom. The van der Waals surface area contributed by atoms with Crippen LogP contribution in [0.2, 0.25) is 0 Å². The number of carbonyl (C=O) groups excluding carboxylic acids is 1. The van der Waals surface area contributed by atoms with Gasteiger partial charge in [-0.2, -0.15) is 0 Å². The first-order valence-electron chi connectivity index (χ1n) is 14.4. The summed E-state index contributed by atoms with van der Waals surface area (Å²) in [6, 6.07) is 52.6. The molecule has 0 saturated carbocycles. The van der Waals surface area contributed by atoms with Crippen LogP contribution in [0.15, 0.2) is 157 Å². The zero-order valence-corrected chi connectivity index (χ0v) is 24.2. The molecule has 5 aromatic carbocycles. The number of carbonyl (C=O) groups is 1. The van der Waals surface area contributed by atoms with Gasteiger partial charge in [0.15, 0.2) is 0 Å². The first kappa shape index (κ1) is 28.4. The summed E-state index contributed by atoms with van der Waals surface area (Å²) in [5, 5.41) is 0. The lowest BCUT2D eigenvalue weighted by atomic mass is 9.87. The van der Waals surface area contributed by atoms with Crippen LogP contribution in [0.4, 0.5) is 0 Å². The summed E-state index contributed by atoms with van der Waals surface area (Å²) in [7, 11) is 0. The van der Waals surface area contributed by atoms with Crippen LogP contribution in [0.25, 0.3) is 0 Å². The van der Waals surface area contributed by atoms with E-state index in [-0.39, 0.29) is 17.7 Å². The van der Waals surface area contributed by atoms with Gasteiger partial charge in [-0.15, -0.1) is 11.8 Å². The van der Waals surface area contributed by atoms with Gasteiger partial charge in [0, 0.05) is 36.2 Å². The molecular weight excluding hydrogens is 518 g/mol. The molecule has 0 heterocycles. The Labute approximate surface area is 249 Å². The number of hydrogen-bond acceptors (Lipinski definition) is 2. The molecule has 0 spiro atoms. The van der Waals surface area contributed by atoms with Crippen molar-refractivity contribution in [1.82, 2.24) is 4.90 Å². The topological polar surface area (TPSA) is 20.3 Å². The highest BCUT2D eigenvalue weighted by Gasteiger charge is 2.25. The SMILES string of the molecule is O=C(CC(c1ccccc1)c1ccccc1)N(CCCSc1ccccc1)CC(c1ccccc1)c1ccccc1. The fraction of sp³-hybridized carbons (Fsp3) is 0.184. The Bertz CT molecular complexity index is 1360. The zero-order valence-electron chi connectivity index (χ0n) is 23.4. The second kappa shape index (κ2) is 15.1. The highest BCUT2D eigenvalue weighted by atomic mass is 32.2. The van der Waals surface area contributed by atoms with E-state index in [9.17, 15) is 4.79 Å². The number of rotatable bonds is 13. The lowest BCUT2D eigenvalue weighted by molar-refractivity contribution is -0.131. The van der Waals surface area contributed by atoms with Crippen molar-refractivity contribution in [2.45, 2.75) is 29.6 Å². The van der Waals surface area contributed by atoms with E-state index in [4.69, 9.17) is 0 Å². The predicted molar refractivity (Wildman–Crippen MR) is 172 cm³/mol. The minimum Gasteiger partial charge on any atom is -0.342 e. The quantitative estimate of drug-likeness (QED) is 0.107. The number of benzene rings is 5. The molecule has 1 amide bonds. The van der Waals surface area contributed by atoms with E-state index in [0.29, 0.717) is 13.0 Å². The first-order chi connectivity index (χ1) is 20.3. The van der Waals surface area contributed by atoms with E-state index in [0.717, 1.165) is 18.7 Å². The van der Waals surface area contributed by atoms with Crippen molar-refractivity contribution in [2.24, 2.45) is 0 Å². The third kappa shape index (κ3) is 8.22. The zero-order chi connectivity index (χ0) is 28.1. The summed E-state index contributed by atoms with van der Waals surface area (Å²) in [4.78, 5) is 17.7. The summed E-state index contributed by atoms with van der Waals surface area (Å²) in [6.07, 6.45) is 1.37. The molecule has 0 aliphatic rings. The van der Waals surface area contributed by atoms with Gasteiger partial charge < -0.3 is 4.90 Å². The van der Waals surface area contributed by atoms with E-state index in [2.05, 4.69) is 138 Å². The molecule has 0 bridgehead atoms. The lowest BCUT2D eigenvalue weighted by Gasteiger charge is -2.30. The second-order valence-corrected chi connectivity index (χ2v) is 11.5. The van der Waals surface area contributed by atoms with Gasteiger partial charge in [0.05, 0.1) is 0 Å². The van der Waals surface area contributed by atoms with Crippen LogP contribution in [0, 0.1) is 0 Å². The molecular formula is C38H37NOS. The monoisotopic (exact) mass is 555 g/mol. The number of hydrogen-bond donors (Lipinski definition) is 0. The van der Waals surface area contributed by atoms with E-state index < -0.39 is 0 Å².